The molecule has 1 saturated heterocycles. The zero-order valence-electron chi connectivity index (χ0n) is 19.7. The van der Waals surface area contributed by atoms with Crippen LogP contribution in [0.4, 0.5) is 8.78 Å². The van der Waals surface area contributed by atoms with Crippen molar-refractivity contribution in [3.63, 3.8) is 0 Å². The van der Waals surface area contributed by atoms with Gasteiger partial charge in [0.15, 0.2) is 0 Å². The second-order valence-corrected chi connectivity index (χ2v) is 9.95. The summed E-state index contributed by atoms with van der Waals surface area (Å²) in [6.07, 6.45) is -0.950. The van der Waals surface area contributed by atoms with E-state index in [1.54, 1.807) is 13.0 Å². The maximum atomic E-state index is 13.2. The van der Waals surface area contributed by atoms with E-state index in [2.05, 4.69) is 22.1 Å². The lowest BCUT2D eigenvalue weighted by molar-refractivity contribution is -0.147. The second kappa shape index (κ2) is 12.0. The Morgan fingerprint density at radius 1 is 1.32 bits per heavy atom. The van der Waals surface area contributed by atoms with E-state index in [1.165, 1.54) is 16.2 Å². The molecule has 0 spiro atoms. The van der Waals surface area contributed by atoms with Crippen molar-refractivity contribution in [2.75, 3.05) is 19.6 Å². The maximum absolute atomic E-state index is 13.2. The molecule has 1 aliphatic rings. The number of alkyl halides is 2. The normalized spacial score (nSPS) is 16.0. The van der Waals surface area contributed by atoms with Gasteiger partial charge in [-0.2, -0.15) is 20.1 Å². The van der Waals surface area contributed by atoms with Crippen LogP contribution in [-0.2, 0) is 11.3 Å². The molecule has 2 aromatic heterocycles. The number of aryl methyl sites for hydroxylation is 2. The molecule has 3 heterocycles. The van der Waals surface area contributed by atoms with Crippen LogP contribution in [0.25, 0.3) is 0 Å². The highest BCUT2D eigenvalue weighted by Crippen LogP contribution is 2.23. The molecule has 0 radical (unpaired) electrons. The number of piperidine rings is 1. The summed E-state index contributed by atoms with van der Waals surface area (Å²) in [4.78, 5) is 32.6. The Morgan fingerprint density at radius 2 is 2.03 bits per heavy atom. The van der Waals surface area contributed by atoms with Crippen molar-refractivity contribution in [1.29, 1.82) is 0 Å². The molecule has 0 bridgehead atoms. The summed E-state index contributed by atoms with van der Waals surface area (Å²) in [5, 5.41) is 7.11. The van der Waals surface area contributed by atoms with Crippen LogP contribution in [-0.4, -0.2) is 64.7 Å². The van der Waals surface area contributed by atoms with Crippen LogP contribution in [0, 0.1) is 13.8 Å². The smallest absolute Gasteiger partial charge is 0.315 e. The minimum atomic E-state index is -3.00. The maximum Gasteiger partial charge on any atom is 0.315 e. The van der Waals surface area contributed by atoms with E-state index in [0.29, 0.717) is 35.8 Å². The van der Waals surface area contributed by atoms with Gasteiger partial charge >= 0.3 is 6.43 Å². The SMILES string of the molecule is Cc1cc(Cl)nc(C)c1C(=O)NCCC(C)N1CCC(N(Cc2ccsc2)C(=O)C(F)F)CC1. The van der Waals surface area contributed by atoms with Gasteiger partial charge in [-0.3, -0.25) is 9.59 Å². The van der Waals surface area contributed by atoms with Gasteiger partial charge in [-0.1, -0.05) is 11.6 Å². The fourth-order valence-electron chi connectivity index (χ4n) is 4.52. The molecule has 0 saturated carbocycles. The molecule has 2 amide bonds. The van der Waals surface area contributed by atoms with Crippen molar-refractivity contribution >= 4 is 34.8 Å². The number of rotatable bonds is 9. The van der Waals surface area contributed by atoms with Crippen molar-refractivity contribution in [3.8, 4) is 0 Å². The van der Waals surface area contributed by atoms with Crippen LogP contribution in [0.5, 0.6) is 0 Å². The number of pyridine rings is 1. The summed E-state index contributed by atoms with van der Waals surface area (Å²) < 4.78 is 26.4. The summed E-state index contributed by atoms with van der Waals surface area (Å²) in [5.74, 6) is -1.26. The van der Waals surface area contributed by atoms with Gasteiger partial charge in [-0.05, 0) is 74.1 Å². The Morgan fingerprint density at radius 3 is 2.62 bits per heavy atom. The molecular formula is C24H31ClF2N4O2S. The average Bonchev–Trinajstić information content (AvgIpc) is 3.29. The molecule has 0 aromatic carbocycles. The van der Waals surface area contributed by atoms with Gasteiger partial charge in [0.2, 0.25) is 0 Å². The predicted molar refractivity (Wildman–Crippen MR) is 131 cm³/mol. The standard InChI is InChI=1S/C24H31ClF2N4O2S/c1-15-12-20(25)29-17(3)21(15)23(32)28-8-4-16(2)30-9-5-19(6-10-30)31(24(33)22(26)27)13-18-7-11-34-14-18/h7,11-12,14,16,19,22H,4-6,8-10,13H2,1-3H3,(H,28,32). The molecule has 1 atom stereocenters. The molecule has 1 fully saturated rings. The number of halogens is 3. The summed E-state index contributed by atoms with van der Waals surface area (Å²) in [5.41, 5.74) is 2.82. The van der Waals surface area contributed by atoms with E-state index in [1.807, 2.05) is 23.8 Å². The van der Waals surface area contributed by atoms with Crippen molar-refractivity contribution < 1.29 is 18.4 Å². The van der Waals surface area contributed by atoms with Crippen molar-refractivity contribution in [3.05, 3.63) is 50.4 Å². The largest absolute Gasteiger partial charge is 0.352 e. The number of hydrogen-bond acceptors (Lipinski definition) is 5. The Hall–Kier alpha value is -2.10. The second-order valence-electron chi connectivity index (χ2n) is 8.78. The van der Waals surface area contributed by atoms with Crippen LogP contribution < -0.4 is 5.32 Å². The first-order chi connectivity index (χ1) is 16.2. The Kier molecular flexibility index (Phi) is 9.39. The highest BCUT2D eigenvalue weighted by molar-refractivity contribution is 7.07. The van der Waals surface area contributed by atoms with E-state index in [-0.39, 0.29) is 24.5 Å². The summed E-state index contributed by atoms with van der Waals surface area (Å²) in [7, 11) is 0. The van der Waals surface area contributed by atoms with Gasteiger partial charge in [-0.25, -0.2) is 4.98 Å². The molecule has 1 unspecified atom stereocenters. The first-order valence-corrected chi connectivity index (χ1v) is 12.7. The minimum absolute atomic E-state index is 0.167. The number of nitrogens with zero attached hydrogens (tertiary/aromatic N) is 3. The van der Waals surface area contributed by atoms with E-state index < -0.39 is 12.3 Å². The number of likely N-dealkylation sites (tertiary alicyclic amines) is 1. The van der Waals surface area contributed by atoms with Gasteiger partial charge in [-0.15, -0.1) is 0 Å². The van der Waals surface area contributed by atoms with Crippen LogP contribution in [0.1, 0.15) is 53.4 Å². The number of thiophene rings is 1. The number of amides is 2. The lowest BCUT2D eigenvalue weighted by Gasteiger charge is -2.40. The van der Waals surface area contributed by atoms with Gasteiger partial charge in [0.05, 0.1) is 11.3 Å². The quantitative estimate of drug-likeness (QED) is 0.495. The molecule has 34 heavy (non-hydrogen) atoms. The van der Waals surface area contributed by atoms with E-state index in [0.717, 1.165) is 30.6 Å². The molecular weight excluding hydrogens is 482 g/mol. The third-order valence-electron chi connectivity index (χ3n) is 6.41. The van der Waals surface area contributed by atoms with E-state index in [9.17, 15) is 18.4 Å². The molecule has 10 heteroatoms. The molecule has 0 aliphatic carbocycles. The first-order valence-electron chi connectivity index (χ1n) is 11.4. The topological polar surface area (TPSA) is 65.5 Å². The molecule has 3 rings (SSSR count). The van der Waals surface area contributed by atoms with Gasteiger partial charge in [0, 0.05) is 38.3 Å². The van der Waals surface area contributed by atoms with Crippen LogP contribution in [0.15, 0.2) is 22.9 Å². The summed E-state index contributed by atoms with van der Waals surface area (Å²) >= 11 is 7.44. The molecule has 1 aliphatic heterocycles. The number of carbonyl (C=O) groups is 2. The number of carbonyl (C=O) groups excluding carboxylic acids is 2. The van der Waals surface area contributed by atoms with E-state index in [4.69, 9.17) is 11.6 Å². The van der Waals surface area contributed by atoms with Gasteiger partial charge in [0.25, 0.3) is 11.8 Å². The zero-order chi connectivity index (χ0) is 24.8. The van der Waals surface area contributed by atoms with Crippen molar-refractivity contribution in [2.45, 2.75) is 65.1 Å². The summed E-state index contributed by atoms with van der Waals surface area (Å²) in [6, 6.07) is 3.55. The average molecular weight is 513 g/mol. The lowest BCUT2D eigenvalue weighted by atomic mass is 10.00. The highest BCUT2D eigenvalue weighted by Gasteiger charge is 2.33. The molecule has 6 nitrogen and oxygen atoms in total. The number of aromatic nitrogens is 1. The Balaban J connectivity index is 1.49. The number of hydrogen-bond donors (Lipinski definition) is 1. The van der Waals surface area contributed by atoms with Crippen molar-refractivity contribution in [1.82, 2.24) is 20.1 Å². The number of nitrogens with one attached hydrogen (secondary N) is 1. The van der Waals surface area contributed by atoms with Crippen LogP contribution in [0.3, 0.4) is 0 Å². The molecule has 186 valence electrons. The zero-order valence-corrected chi connectivity index (χ0v) is 21.3. The fourth-order valence-corrected chi connectivity index (χ4v) is 5.47. The van der Waals surface area contributed by atoms with Crippen LogP contribution in [0.2, 0.25) is 5.15 Å². The Bertz CT molecular complexity index is 958. The van der Waals surface area contributed by atoms with Gasteiger partial charge in [0.1, 0.15) is 5.15 Å². The summed E-state index contributed by atoms with van der Waals surface area (Å²) in [6.45, 7) is 7.86. The predicted octanol–water partition coefficient (Wildman–Crippen LogP) is 4.68. The lowest BCUT2D eigenvalue weighted by Crippen LogP contribution is -2.50. The molecule has 2 aromatic rings. The minimum Gasteiger partial charge on any atom is -0.352 e. The monoisotopic (exact) mass is 512 g/mol. The van der Waals surface area contributed by atoms with Crippen molar-refractivity contribution in [2.24, 2.45) is 0 Å². The van der Waals surface area contributed by atoms with Gasteiger partial charge < -0.3 is 15.1 Å². The third kappa shape index (κ3) is 6.73. The highest BCUT2D eigenvalue weighted by atomic mass is 35.5. The van der Waals surface area contributed by atoms with Crippen LogP contribution >= 0.6 is 22.9 Å². The third-order valence-corrected chi connectivity index (χ3v) is 7.33. The first kappa shape index (κ1) is 26.5. The molecule has 1 N–H and O–H groups in total. The fraction of sp³-hybridized carbons (Fsp3) is 0.542. The van der Waals surface area contributed by atoms with E-state index >= 15 is 0 Å². The Labute approximate surface area is 208 Å².